The maximum Gasteiger partial charge on any atom is 0.271 e. The highest BCUT2D eigenvalue weighted by Crippen LogP contribution is 2.53. The number of anilines is 1. The van der Waals surface area contributed by atoms with Crippen LogP contribution in [0.4, 0.5) is 11.4 Å². The number of nitrogens with zero attached hydrogens (tertiary/aromatic N) is 4. The maximum absolute atomic E-state index is 13.7. The summed E-state index contributed by atoms with van der Waals surface area (Å²) >= 11 is 0. The molecule has 2 saturated heterocycles. The van der Waals surface area contributed by atoms with Crippen molar-refractivity contribution in [2.24, 2.45) is 22.4 Å². The Kier molecular flexibility index (Phi) is 4.49. The Morgan fingerprint density at radius 2 is 1.73 bits per heavy atom. The van der Waals surface area contributed by atoms with Gasteiger partial charge < -0.3 is 0 Å². The number of hydrogen-bond acceptors (Lipinski definition) is 7. The van der Waals surface area contributed by atoms with E-state index in [2.05, 4.69) is 5.10 Å². The molecule has 5 rings (SSSR count). The molecule has 2 fully saturated rings. The van der Waals surface area contributed by atoms with Crippen molar-refractivity contribution in [3.05, 3.63) is 69.8 Å². The van der Waals surface area contributed by atoms with Crippen molar-refractivity contribution in [2.75, 3.05) is 4.90 Å². The van der Waals surface area contributed by atoms with Crippen LogP contribution >= 0.6 is 0 Å². The van der Waals surface area contributed by atoms with Crippen molar-refractivity contribution in [3.63, 3.8) is 0 Å². The number of fused-ring (bicyclic) bond motifs is 5. The zero-order chi connectivity index (χ0) is 23.7. The number of hydrazone groups is 1. The van der Waals surface area contributed by atoms with Gasteiger partial charge in [0.05, 0.1) is 34.7 Å². The Morgan fingerprint density at radius 3 is 2.42 bits per heavy atom. The van der Waals surface area contributed by atoms with Gasteiger partial charge in [0.25, 0.3) is 5.69 Å². The van der Waals surface area contributed by atoms with Gasteiger partial charge in [-0.05, 0) is 17.2 Å². The number of carbonyl (C=O) groups excluding carboxylic acids is 3. The lowest BCUT2D eigenvalue weighted by Crippen LogP contribution is -2.48. The molecule has 9 nitrogen and oxygen atoms in total. The molecule has 2 aromatic rings. The lowest BCUT2D eigenvalue weighted by Gasteiger charge is -2.35. The smallest absolute Gasteiger partial charge is 0.271 e. The largest absolute Gasteiger partial charge is 0.297 e. The van der Waals surface area contributed by atoms with E-state index >= 15 is 0 Å². The highest BCUT2D eigenvalue weighted by atomic mass is 16.6. The van der Waals surface area contributed by atoms with E-state index in [1.54, 1.807) is 32.0 Å². The van der Waals surface area contributed by atoms with E-state index in [0.29, 0.717) is 0 Å². The molecule has 2 aromatic carbocycles. The fourth-order valence-electron chi connectivity index (χ4n) is 5.11. The average Bonchev–Trinajstić information content (AvgIpc) is 3.25. The summed E-state index contributed by atoms with van der Waals surface area (Å²) in [5.74, 6) is -2.95. The van der Waals surface area contributed by atoms with Crippen LogP contribution in [-0.2, 0) is 14.4 Å². The van der Waals surface area contributed by atoms with Crippen molar-refractivity contribution in [1.29, 1.82) is 0 Å². The summed E-state index contributed by atoms with van der Waals surface area (Å²) in [6.07, 6.45) is 1.66. The number of non-ortho nitro benzene ring substituents is 1. The monoisotopic (exact) mass is 446 g/mol. The summed E-state index contributed by atoms with van der Waals surface area (Å²) in [6.45, 7) is 5.33. The van der Waals surface area contributed by atoms with Gasteiger partial charge >= 0.3 is 0 Å². The number of imide groups is 1. The van der Waals surface area contributed by atoms with Crippen LogP contribution in [0.25, 0.3) is 0 Å². The Bertz CT molecular complexity index is 1250. The summed E-state index contributed by atoms with van der Waals surface area (Å²) in [6, 6.07) is 11.4. The van der Waals surface area contributed by atoms with Gasteiger partial charge in [-0.1, -0.05) is 51.1 Å². The highest BCUT2D eigenvalue weighted by molar-refractivity contribution is 6.24. The third kappa shape index (κ3) is 2.99. The van der Waals surface area contributed by atoms with E-state index in [4.69, 9.17) is 0 Å². The fraction of sp³-hybridized carbons (Fsp3) is 0.333. The Morgan fingerprint density at radius 1 is 1.03 bits per heavy atom. The number of nitro benzene ring substituents is 1. The van der Waals surface area contributed by atoms with Crippen LogP contribution in [0.15, 0.2) is 53.6 Å². The Balaban J connectivity index is 1.66. The molecule has 0 bridgehead atoms. The average molecular weight is 446 g/mol. The van der Waals surface area contributed by atoms with Gasteiger partial charge in [-0.2, -0.15) is 5.10 Å². The van der Waals surface area contributed by atoms with Crippen LogP contribution in [0.1, 0.15) is 37.9 Å². The van der Waals surface area contributed by atoms with Crippen LogP contribution in [0.5, 0.6) is 0 Å². The number of amides is 2. The van der Waals surface area contributed by atoms with Gasteiger partial charge in [-0.15, -0.1) is 0 Å². The molecule has 0 aromatic heterocycles. The number of benzene rings is 2. The predicted molar refractivity (Wildman–Crippen MR) is 119 cm³/mol. The zero-order valence-corrected chi connectivity index (χ0v) is 18.3. The molecular formula is C24H22N4O5. The summed E-state index contributed by atoms with van der Waals surface area (Å²) in [5, 5.41) is 17.4. The number of rotatable bonds is 3. The van der Waals surface area contributed by atoms with Gasteiger partial charge in [-0.3, -0.25) is 29.5 Å². The van der Waals surface area contributed by atoms with E-state index in [9.17, 15) is 24.5 Å². The second kappa shape index (κ2) is 7.06. The molecule has 3 aliphatic heterocycles. The van der Waals surface area contributed by atoms with E-state index in [1.165, 1.54) is 24.3 Å². The quantitative estimate of drug-likeness (QED) is 0.407. The molecule has 0 N–H and O–H groups in total. The molecule has 0 radical (unpaired) electrons. The predicted octanol–water partition coefficient (Wildman–Crippen LogP) is 3.09. The lowest BCUT2D eigenvalue weighted by atomic mass is 9.79. The minimum absolute atomic E-state index is 0.134. The Labute approximate surface area is 189 Å². The molecule has 4 atom stereocenters. The zero-order valence-electron chi connectivity index (χ0n) is 18.3. The Hall–Kier alpha value is -3.88. The van der Waals surface area contributed by atoms with Gasteiger partial charge in [0.2, 0.25) is 11.8 Å². The first-order valence-electron chi connectivity index (χ1n) is 10.7. The van der Waals surface area contributed by atoms with Crippen LogP contribution in [0.3, 0.4) is 0 Å². The second-order valence-corrected chi connectivity index (χ2v) is 9.60. The van der Waals surface area contributed by atoms with Crippen LogP contribution in [-0.4, -0.2) is 39.8 Å². The third-order valence-corrected chi connectivity index (χ3v) is 6.60. The number of nitro groups is 1. The highest BCUT2D eigenvalue weighted by Gasteiger charge is 2.66. The van der Waals surface area contributed by atoms with Crippen molar-refractivity contribution in [3.8, 4) is 0 Å². The molecule has 2 amide bonds. The number of carbonyl (C=O) groups is 3. The summed E-state index contributed by atoms with van der Waals surface area (Å²) < 4.78 is 0. The number of Topliss-reactive ketones (excluding diaryl/α,β-unsaturated/α-hetero) is 1. The molecule has 0 aliphatic carbocycles. The second-order valence-electron chi connectivity index (χ2n) is 9.60. The molecule has 3 heterocycles. The minimum atomic E-state index is -0.934. The van der Waals surface area contributed by atoms with Crippen molar-refractivity contribution >= 4 is 35.2 Å². The van der Waals surface area contributed by atoms with Gasteiger partial charge in [-0.25, -0.2) is 4.90 Å². The first kappa shape index (κ1) is 21.0. The van der Waals surface area contributed by atoms with Gasteiger partial charge in [0.15, 0.2) is 5.78 Å². The summed E-state index contributed by atoms with van der Waals surface area (Å²) in [7, 11) is 0. The van der Waals surface area contributed by atoms with Crippen molar-refractivity contribution < 1.29 is 19.3 Å². The fourth-order valence-corrected chi connectivity index (χ4v) is 5.11. The molecule has 9 heteroatoms. The normalized spacial score (nSPS) is 25.7. The lowest BCUT2D eigenvalue weighted by molar-refractivity contribution is -0.384. The molecule has 0 saturated carbocycles. The first-order chi connectivity index (χ1) is 15.6. The maximum atomic E-state index is 13.7. The van der Waals surface area contributed by atoms with Crippen LogP contribution in [0, 0.1) is 27.4 Å². The van der Waals surface area contributed by atoms with Gasteiger partial charge in [0.1, 0.15) is 6.04 Å². The topological polar surface area (TPSA) is 113 Å². The molecule has 0 spiro atoms. The summed E-state index contributed by atoms with van der Waals surface area (Å²) in [5.41, 5.74) is 0.805. The van der Waals surface area contributed by atoms with E-state index in [1.807, 2.05) is 24.3 Å². The van der Waals surface area contributed by atoms with E-state index in [-0.39, 0.29) is 17.2 Å². The standard InChI is InChI=1S/C24H22N4O5/c1-24(2,3)21(29)20-18-17(19-16-10-5-4-7-13(16)12-25-27(19)20)22(30)26(23(18)31)14-8-6-9-15(11-14)28(32)33/h4-12,17-20H,1-3H3/t17-,18-,19-,20+/m1/s1. The SMILES string of the molecule is CC(C)(C)C(=O)[C@@H]1[C@@H]2C(=O)N(c3cccc([N+](=O)[O-])c3)C(=O)[C@H]2[C@H]2c3ccccc3C=NN12. The molecule has 3 aliphatic rings. The van der Waals surface area contributed by atoms with E-state index in [0.717, 1.165) is 16.0 Å². The first-order valence-corrected chi connectivity index (χ1v) is 10.7. The van der Waals surface area contributed by atoms with Crippen LogP contribution < -0.4 is 4.90 Å². The molecular weight excluding hydrogens is 424 g/mol. The molecule has 0 unspecified atom stereocenters. The van der Waals surface area contributed by atoms with Crippen molar-refractivity contribution in [2.45, 2.75) is 32.9 Å². The third-order valence-electron chi connectivity index (χ3n) is 6.60. The van der Waals surface area contributed by atoms with E-state index < -0.39 is 46.1 Å². The minimum Gasteiger partial charge on any atom is -0.297 e. The van der Waals surface area contributed by atoms with Crippen LogP contribution in [0.2, 0.25) is 0 Å². The van der Waals surface area contributed by atoms with Crippen molar-refractivity contribution in [1.82, 2.24) is 5.01 Å². The molecule has 168 valence electrons. The summed E-state index contributed by atoms with van der Waals surface area (Å²) in [4.78, 5) is 52.6. The number of hydrogen-bond donors (Lipinski definition) is 0. The molecule has 33 heavy (non-hydrogen) atoms. The number of ketones is 1. The van der Waals surface area contributed by atoms with Gasteiger partial charge in [0, 0.05) is 17.5 Å².